The molecule has 0 unspecified atom stereocenters. The Morgan fingerprint density at radius 3 is 2.54 bits per heavy atom. The van der Waals surface area contributed by atoms with Gasteiger partial charge in [-0.2, -0.15) is 0 Å². The van der Waals surface area contributed by atoms with Gasteiger partial charge in [0.1, 0.15) is 0 Å². The van der Waals surface area contributed by atoms with Crippen LogP contribution in [0.5, 0.6) is 0 Å². The van der Waals surface area contributed by atoms with E-state index in [0.717, 1.165) is 0 Å². The van der Waals surface area contributed by atoms with Crippen molar-refractivity contribution in [2.75, 3.05) is 13.1 Å². The summed E-state index contributed by atoms with van der Waals surface area (Å²) in [5.41, 5.74) is 0.398. The fourth-order valence-electron chi connectivity index (χ4n) is 2.72. The Balaban J connectivity index is 1.55. The predicted molar refractivity (Wildman–Crippen MR) is 91.6 cm³/mol. The number of amides is 2. The van der Waals surface area contributed by atoms with Gasteiger partial charge in [-0.1, -0.05) is 23.2 Å². The highest BCUT2D eigenvalue weighted by Gasteiger charge is 2.26. The molecule has 1 aliphatic heterocycles. The lowest BCUT2D eigenvalue weighted by molar-refractivity contribution is 0.0667. The fourth-order valence-corrected chi connectivity index (χ4v) is 3.21. The van der Waals surface area contributed by atoms with Gasteiger partial charge in [-0.05, 0) is 43.2 Å². The number of benzene rings is 1. The zero-order chi connectivity index (χ0) is 17.1. The van der Waals surface area contributed by atoms with E-state index in [0.29, 0.717) is 47.3 Å². The van der Waals surface area contributed by atoms with Crippen LogP contribution in [-0.2, 0) is 0 Å². The Morgan fingerprint density at radius 1 is 1.17 bits per heavy atom. The maximum Gasteiger partial charge on any atom is 0.289 e. The zero-order valence-electron chi connectivity index (χ0n) is 12.8. The number of rotatable bonds is 3. The van der Waals surface area contributed by atoms with Crippen LogP contribution in [0.2, 0.25) is 10.0 Å². The molecule has 1 fully saturated rings. The number of hydrogen-bond donors (Lipinski definition) is 1. The van der Waals surface area contributed by atoms with Gasteiger partial charge in [-0.25, -0.2) is 0 Å². The highest BCUT2D eigenvalue weighted by atomic mass is 35.5. The van der Waals surface area contributed by atoms with Crippen LogP contribution in [0, 0.1) is 0 Å². The lowest BCUT2D eigenvalue weighted by atomic mass is 10.0. The third kappa shape index (κ3) is 3.74. The second-order valence-electron chi connectivity index (χ2n) is 5.64. The maximum atomic E-state index is 12.3. The predicted octanol–water partition coefficient (Wildman–Crippen LogP) is 3.62. The van der Waals surface area contributed by atoms with Crippen LogP contribution in [-0.4, -0.2) is 35.8 Å². The summed E-state index contributed by atoms with van der Waals surface area (Å²) >= 11 is 11.9. The molecule has 1 aromatic carbocycles. The van der Waals surface area contributed by atoms with Crippen molar-refractivity contribution in [3.63, 3.8) is 0 Å². The van der Waals surface area contributed by atoms with Crippen LogP contribution in [0.15, 0.2) is 41.0 Å². The molecule has 0 bridgehead atoms. The lowest BCUT2D eigenvalue weighted by Gasteiger charge is -2.32. The number of furan rings is 1. The molecule has 2 amide bonds. The van der Waals surface area contributed by atoms with Gasteiger partial charge in [0.2, 0.25) is 0 Å². The fraction of sp³-hybridized carbons (Fsp3) is 0.294. The number of likely N-dealkylation sites (tertiary alicyclic amines) is 1. The lowest BCUT2D eigenvalue weighted by Crippen LogP contribution is -2.46. The van der Waals surface area contributed by atoms with E-state index in [-0.39, 0.29) is 17.9 Å². The van der Waals surface area contributed by atoms with Crippen LogP contribution in [0.1, 0.15) is 33.8 Å². The minimum absolute atomic E-state index is 0.00453. The Hall–Kier alpha value is -1.98. The molecule has 126 valence electrons. The third-order valence-corrected chi connectivity index (χ3v) is 4.57. The monoisotopic (exact) mass is 366 g/mol. The van der Waals surface area contributed by atoms with E-state index >= 15 is 0 Å². The molecule has 0 aliphatic carbocycles. The highest BCUT2D eigenvalue weighted by Crippen LogP contribution is 2.22. The summed E-state index contributed by atoms with van der Waals surface area (Å²) in [4.78, 5) is 26.2. The second-order valence-corrected chi connectivity index (χ2v) is 6.49. The summed E-state index contributed by atoms with van der Waals surface area (Å²) in [5, 5.41) is 3.77. The first kappa shape index (κ1) is 16.9. The van der Waals surface area contributed by atoms with Gasteiger partial charge in [-0.15, -0.1) is 0 Å². The number of nitrogens with zero attached hydrogens (tertiary/aromatic N) is 1. The molecule has 2 heterocycles. The first-order chi connectivity index (χ1) is 11.5. The molecule has 0 saturated carbocycles. The Labute approximate surface area is 149 Å². The number of carbonyl (C=O) groups excluding carboxylic acids is 2. The van der Waals surface area contributed by atoms with Crippen molar-refractivity contribution in [1.82, 2.24) is 10.2 Å². The number of nitrogens with one attached hydrogen (secondary N) is 1. The molecule has 0 atom stereocenters. The van der Waals surface area contributed by atoms with E-state index in [2.05, 4.69) is 5.32 Å². The summed E-state index contributed by atoms with van der Waals surface area (Å²) < 4.78 is 5.13. The normalized spacial score (nSPS) is 15.3. The van der Waals surface area contributed by atoms with E-state index in [1.807, 2.05) is 0 Å². The first-order valence-electron chi connectivity index (χ1n) is 7.63. The Kier molecular flexibility index (Phi) is 5.11. The summed E-state index contributed by atoms with van der Waals surface area (Å²) in [6.07, 6.45) is 2.85. The first-order valence-corrected chi connectivity index (χ1v) is 8.39. The molecule has 1 saturated heterocycles. The highest BCUT2D eigenvalue weighted by molar-refractivity contribution is 6.36. The molecule has 3 rings (SSSR count). The second kappa shape index (κ2) is 7.28. The quantitative estimate of drug-likeness (QED) is 0.901. The van der Waals surface area contributed by atoms with Gasteiger partial charge in [0.05, 0.1) is 16.8 Å². The van der Waals surface area contributed by atoms with Crippen LogP contribution in [0.4, 0.5) is 0 Å². The van der Waals surface area contributed by atoms with E-state index < -0.39 is 0 Å². The topological polar surface area (TPSA) is 62.6 Å². The minimum Gasteiger partial charge on any atom is -0.459 e. The molecule has 2 aromatic rings. The number of hydrogen-bond acceptors (Lipinski definition) is 3. The molecule has 24 heavy (non-hydrogen) atoms. The molecule has 7 heteroatoms. The summed E-state index contributed by atoms with van der Waals surface area (Å²) in [7, 11) is 0. The van der Waals surface area contributed by atoms with Gasteiger partial charge in [-0.3, -0.25) is 9.59 Å². The molecule has 1 N–H and O–H groups in total. The van der Waals surface area contributed by atoms with E-state index in [4.69, 9.17) is 27.6 Å². The van der Waals surface area contributed by atoms with Gasteiger partial charge < -0.3 is 14.6 Å². The molecular weight excluding hydrogens is 351 g/mol. The summed E-state index contributed by atoms with van der Waals surface area (Å²) in [5.74, 6) is -0.0107. The van der Waals surface area contributed by atoms with E-state index in [1.54, 1.807) is 35.2 Å². The largest absolute Gasteiger partial charge is 0.459 e. The van der Waals surface area contributed by atoms with Gasteiger partial charge >= 0.3 is 0 Å². The van der Waals surface area contributed by atoms with Crippen molar-refractivity contribution in [3.8, 4) is 0 Å². The Bertz CT molecular complexity index is 738. The molecule has 0 radical (unpaired) electrons. The Morgan fingerprint density at radius 2 is 1.92 bits per heavy atom. The van der Waals surface area contributed by atoms with Crippen molar-refractivity contribution < 1.29 is 14.0 Å². The molecule has 5 nitrogen and oxygen atoms in total. The van der Waals surface area contributed by atoms with Crippen LogP contribution in [0.3, 0.4) is 0 Å². The molecular formula is C17H16Cl2N2O3. The average Bonchev–Trinajstić information content (AvgIpc) is 3.09. The molecule has 1 aliphatic rings. The molecule has 0 spiro atoms. The van der Waals surface area contributed by atoms with Crippen LogP contribution < -0.4 is 5.32 Å². The number of piperidine rings is 1. The summed E-state index contributed by atoms with van der Waals surface area (Å²) in [6.45, 7) is 1.14. The maximum absolute atomic E-state index is 12.3. The van der Waals surface area contributed by atoms with Crippen LogP contribution in [0.25, 0.3) is 0 Å². The zero-order valence-corrected chi connectivity index (χ0v) is 14.3. The van der Waals surface area contributed by atoms with E-state index in [1.165, 1.54) is 6.26 Å². The van der Waals surface area contributed by atoms with Crippen molar-refractivity contribution in [1.29, 1.82) is 0 Å². The SMILES string of the molecule is O=C(NC1CCN(C(=O)c2ccco2)CC1)c1ccc(Cl)cc1Cl. The number of carbonyl (C=O) groups is 2. The van der Waals surface area contributed by atoms with Crippen molar-refractivity contribution >= 4 is 35.0 Å². The smallest absolute Gasteiger partial charge is 0.289 e. The molecule has 1 aromatic heterocycles. The van der Waals surface area contributed by atoms with Crippen molar-refractivity contribution in [2.45, 2.75) is 18.9 Å². The van der Waals surface area contributed by atoms with Crippen molar-refractivity contribution in [3.05, 3.63) is 58.0 Å². The number of halogens is 2. The minimum atomic E-state index is -0.229. The third-order valence-electron chi connectivity index (χ3n) is 4.03. The van der Waals surface area contributed by atoms with Crippen LogP contribution >= 0.6 is 23.2 Å². The summed E-state index contributed by atoms with van der Waals surface area (Å²) in [6, 6.07) is 8.13. The van der Waals surface area contributed by atoms with E-state index in [9.17, 15) is 9.59 Å². The van der Waals surface area contributed by atoms with Gasteiger partial charge in [0, 0.05) is 24.2 Å². The van der Waals surface area contributed by atoms with Gasteiger partial charge in [0.15, 0.2) is 5.76 Å². The standard InChI is InChI=1S/C17H16Cl2N2O3/c18-11-3-4-13(14(19)10-11)16(22)20-12-5-7-21(8-6-12)17(23)15-2-1-9-24-15/h1-4,9-10,12H,5-8H2,(H,20,22). The van der Waals surface area contributed by atoms with Gasteiger partial charge in [0.25, 0.3) is 11.8 Å². The van der Waals surface area contributed by atoms with Crippen molar-refractivity contribution in [2.24, 2.45) is 0 Å². The average molecular weight is 367 g/mol.